The van der Waals surface area contributed by atoms with Crippen molar-refractivity contribution < 1.29 is 4.74 Å². The van der Waals surface area contributed by atoms with E-state index < -0.39 is 0 Å². The lowest BCUT2D eigenvalue weighted by Gasteiger charge is -2.21. The van der Waals surface area contributed by atoms with Gasteiger partial charge in [-0.1, -0.05) is 78.3 Å². The van der Waals surface area contributed by atoms with Crippen molar-refractivity contribution in [2.45, 2.75) is 25.3 Å². The van der Waals surface area contributed by atoms with E-state index in [0.717, 1.165) is 18.5 Å². The highest BCUT2D eigenvalue weighted by atomic mass is 35.5. The maximum atomic E-state index is 6.27. The highest BCUT2D eigenvalue weighted by Gasteiger charge is 2.15. The molecule has 0 aliphatic carbocycles. The van der Waals surface area contributed by atoms with Crippen LogP contribution < -0.4 is 10.1 Å². The third-order valence-corrected chi connectivity index (χ3v) is 5.26. The Morgan fingerprint density at radius 3 is 1.96 bits per heavy atom. The second-order valence-corrected chi connectivity index (χ2v) is 7.14. The summed E-state index contributed by atoms with van der Waals surface area (Å²) in [6, 6.07) is 27.6. The second-order valence-electron chi connectivity index (χ2n) is 6.73. The smallest absolute Gasteiger partial charge is 0.137 e. The molecule has 0 amide bonds. The summed E-state index contributed by atoms with van der Waals surface area (Å²) in [5.41, 5.74) is 3.87. The van der Waals surface area contributed by atoms with Gasteiger partial charge in [-0.25, -0.2) is 0 Å². The van der Waals surface area contributed by atoms with Crippen LogP contribution in [0.1, 0.15) is 42.0 Å². The molecule has 3 aromatic carbocycles. The molecule has 0 fully saturated rings. The molecule has 1 atom stereocenters. The number of nitrogens with one attached hydrogen (secondary N) is 1. The van der Waals surface area contributed by atoms with Crippen LogP contribution in [0.4, 0.5) is 0 Å². The first-order valence-corrected chi connectivity index (χ1v) is 9.73. The summed E-state index contributed by atoms with van der Waals surface area (Å²) < 4.78 is 5.24. The summed E-state index contributed by atoms with van der Waals surface area (Å²) in [7, 11) is 1.63. The Morgan fingerprint density at radius 2 is 1.44 bits per heavy atom. The first-order valence-electron chi connectivity index (χ1n) is 9.35. The van der Waals surface area contributed by atoms with Gasteiger partial charge in [0, 0.05) is 12.0 Å². The van der Waals surface area contributed by atoms with Gasteiger partial charge < -0.3 is 10.1 Å². The molecule has 3 heteroatoms. The lowest BCUT2D eigenvalue weighted by molar-refractivity contribution is 0.414. The minimum absolute atomic E-state index is 0.223. The van der Waals surface area contributed by atoms with Crippen molar-refractivity contribution in [1.82, 2.24) is 5.32 Å². The molecule has 140 valence electrons. The van der Waals surface area contributed by atoms with E-state index in [1.165, 1.54) is 11.1 Å². The van der Waals surface area contributed by atoms with Crippen molar-refractivity contribution in [3.63, 3.8) is 0 Å². The van der Waals surface area contributed by atoms with Crippen molar-refractivity contribution in [3.8, 4) is 5.75 Å². The number of ether oxygens (including phenoxy) is 1. The van der Waals surface area contributed by atoms with Crippen LogP contribution in [0.2, 0.25) is 5.02 Å². The monoisotopic (exact) mass is 379 g/mol. The van der Waals surface area contributed by atoms with Crippen molar-refractivity contribution in [2.24, 2.45) is 0 Å². The fraction of sp³-hybridized carbons (Fsp3) is 0.250. The Bertz CT molecular complexity index is 796. The summed E-state index contributed by atoms with van der Waals surface area (Å²) >= 11 is 6.27. The van der Waals surface area contributed by atoms with E-state index in [2.05, 4.69) is 79.0 Å². The highest BCUT2D eigenvalue weighted by molar-refractivity contribution is 6.32. The van der Waals surface area contributed by atoms with Crippen LogP contribution in [0.15, 0.2) is 78.9 Å². The summed E-state index contributed by atoms with van der Waals surface area (Å²) in [5.74, 6) is 1.09. The Balaban J connectivity index is 1.66. The molecule has 0 radical (unpaired) electrons. The standard InChI is InChI=1S/C24H26ClNO/c1-18(21-13-14-24(27-2)23(25)17-21)26-16-15-22(19-9-5-3-6-10-19)20-11-7-4-8-12-20/h3-14,17-18,22,26H,15-16H2,1-2H3. The molecule has 1 N–H and O–H groups in total. The topological polar surface area (TPSA) is 21.3 Å². The van der Waals surface area contributed by atoms with Gasteiger partial charge in [-0.05, 0) is 48.7 Å². The molecule has 0 aromatic heterocycles. The summed E-state index contributed by atoms with van der Waals surface area (Å²) in [6.07, 6.45) is 1.03. The predicted molar refractivity (Wildman–Crippen MR) is 114 cm³/mol. The molecular weight excluding hydrogens is 354 g/mol. The largest absolute Gasteiger partial charge is 0.495 e. The minimum atomic E-state index is 0.223. The molecule has 0 saturated heterocycles. The third kappa shape index (κ3) is 5.12. The first-order chi connectivity index (χ1) is 13.2. The van der Waals surface area contributed by atoms with Crippen molar-refractivity contribution >= 4 is 11.6 Å². The molecule has 0 bridgehead atoms. The molecule has 0 spiro atoms. The zero-order valence-corrected chi connectivity index (χ0v) is 16.6. The highest BCUT2D eigenvalue weighted by Crippen LogP contribution is 2.29. The fourth-order valence-corrected chi connectivity index (χ4v) is 3.68. The van der Waals surface area contributed by atoms with E-state index in [9.17, 15) is 0 Å². The lowest BCUT2D eigenvalue weighted by Crippen LogP contribution is -2.22. The van der Waals surface area contributed by atoms with E-state index in [4.69, 9.17) is 16.3 Å². The van der Waals surface area contributed by atoms with Gasteiger partial charge >= 0.3 is 0 Å². The van der Waals surface area contributed by atoms with Crippen LogP contribution in [0.3, 0.4) is 0 Å². The zero-order valence-electron chi connectivity index (χ0n) is 15.9. The van der Waals surface area contributed by atoms with Crippen molar-refractivity contribution in [1.29, 1.82) is 0 Å². The maximum absolute atomic E-state index is 6.27. The Hall–Kier alpha value is -2.29. The van der Waals surface area contributed by atoms with Crippen LogP contribution in [-0.4, -0.2) is 13.7 Å². The quantitative estimate of drug-likeness (QED) is 0.501. The predicted octanol–water partition coefficient (Wildman–Crippen LogP) is 6.22. The van der Waals surface area contributed by atoms with E-state index in [0.29, 0.717) is 16.7 Å². The first kappa shape index (κ1) is 19.5. The molecule has 0 aliphatic heterocycles. The van der Waals surface area contributed by atoms with Gasteiger partial charge in [-0.3, -0.25) is 0 Å². The van der Waals surface area contributed by atoms with E-state index in [-0.39, 0.29) is 6.04 Å². The molecule has 3 rings (SSSR count). The molecule has 0 saturated carbocycles. The van der Waals surface area contributed by atoms with E-state index >= 15 is 0 Å². The second kappa shape index (κ2) is 9.59. The van der Waals surface area contributed by atoms with E-state index in [1.807, 2.05) is 12.1 Å². The lowest BCUT2D eigenvalue weighted by atomic mass is 9.88. The van der Waals surface area contributed by atoms with Gasteiger partial charge in [0.05, 0.1) is 12.1 Å². The van der Waals surface area contributed by atoms with Gasteiger partial charge in [-0.15, -0.1) is 0 Å². The average molecular weight is 380 g/mol. The van der Waals surface area contributed by atoms with Gasteiger partial charge in [0.15, 0.2) is 0 Å². The summed E-state index contributed by atoms with van der Waals surface area (Å²) in [4.78, 5) is 0. The maximum Gasteiger partial charge on any atom is 0.137 e. The number of hydrogen-bond acceptors (Lipinski definition) is 2. The normalized spacial score (nSPS) is 12.1. The summed E-state index contributed by atoms with van der Waals surface area (Å²) in [6.45, 7) is 3.08. The van der Waals surface area contributed by atoms with Crippen LogP contribution in [-0.2, 0) is 0 Å². The molecule has 0 heterocycles. The molecule has 0 aliphatic rings. The number of hydrogen-bond donors (Lipinski definition) is 1. The Labute approximate surface area is 167 Å². The van der Waals surface area contributed by atoms with Crippen LogP contribution >= 0.6 is 11.6 Å². The van der Waals surface area contributed by atoms with Crippen molar-refractivity contribution in [3.05, 3.63) is 101 Å². The van der Waals surface area contributed by atoms with Crippen molar-refractivity contribution in [2.75, 3.05) is 13.7 Å². The Kier molecular flexibility index (Phi) is 6.92. The van der Waals surface area contributed by atoms with Crippen LogP contribution in [0.25, 0.3) is 0 Å². The number of methoxy groups -OCH3 is 1. The van der Waals surface area contributed by atoms with Gasteiger partial charge in [-0.2, -0.15) is 0 Å². The summed E-state index contributed by atoms with van der Waals surface area (Å²) in [5, 5.41) is 4.28. The molecule has 1 unspecified atom stereocenters. The van der Waals surface area contributed by atoms with Gasteiger partial charge in [0.1, 0.15) is 5.75 Å². The molecule has 3 aromatic rings. The van der Waals surface area contributed by atoms with Crippen LogP contribution in [0, 0.1) is 0 Å². The SMILES string of the molecule is COc1ccc(C(C)NCCC(c2ccccc2)c2ccccc2)cc1Cl. The fourth-order valence-electron chi connectivity index (χ4n) is 3.41. The van der Waals surface area contributed by atoms with Crippen LogP contribution in [0.5, 0.6) is 5.75 Å². The molecule has 27 heavy (non-hydrogen) atoms. The van der Waals surface area contributed by atoms with E-state index in [1.54, 1.807) is 7.11 Å². The van der Waals surface area contributed by atoms with Gasteiger partial charge in [0.2, 0.25) is 0 Å². The third-order valence-electron chi connectivity index (χ3n) is 4.96. The molecular formula is C24H26ClNO. The zero-order chi connectivity index (χ0) is 19.1. The minimum Gasteiger partial charge on any atom is -0.495 e. The average Bonchev–Trinajstić information content (AvgIpc) is 2.72. The molecule has 2 nitrogen and oxygen atoms in total. The number of benzene rings is 3. The number of rotatable bonds is 8. The van der Waals surface area contributed by atoms with Gasteiger partial charge in [0.25, 0.3) is 0 Å². The number of halogens is 1. The Morgan fingerprint density at radius 1 is 0.852 bits per heavy atom.